The second-order valence-corrected chi connectivity index (χ2v) is 6.75. The zero-order chi connectivity index (χ0) is 17.5. The molecule has 1 fully saturated rings. The van der Waals surface area contributed by atoms with Crippen molar-refractivity contribution in [3.8, 4) is 11.5 Å². The van der Waals surface area contributed by atoms with Crippen molar-refractivity contribution >= 4 is 0 Å². The lowest BCUT2D eigenvalue weighted by molar-refractivity contribution is 0.196. The van der Waals surface area contributed by atoms with Crippen molar-refractivity contribution in [2.45, 2.75) is 58.2 Å². The lowest BCUT2D eigenvalue weighted by Crippen LogP contribution is -2.18. The second kappa shape index (κ2) is 8.91. The van der Waals surface area contributed by atoms with Gasteiger partial charge in [0.05, 0.1) is 12.7 Å². The van der Waals surface area contributed by atoms with Crippen LogP contribution in [0.5, 0.6) is 11.5 Å². The largest absolute Gasteiger partial charge is 0.490 e. The first-order valence-corrected chi connectivity index (χ1v) is 9.47. The third-order valence-corrected chi connectivity index (χ3v) is 4.82. The van der Waals surface area contributed by atoms with Gasteiger partial charge >= 0.3 is 0 Å². The molecule has 1 aliphatic rings. The van der Waals surface area contributed by atoms with E-state index in [4.69, 9.17) is 9.47 Å². The van der Waals surface area contributed by atoms with Gasteiger partial charge in [0.1, 0.15) is 0 Å². The fourth-order valence-corrected chi connectivity index (χ4v) is 3.34. The third kappa shape index (κ3) is 4.99. The van der Waals surface area contributed by atoms with Gasteiger partial charge in [0.2, 0.25) is 0 Å². The van der Waals surface area contributed by atoms with Gasteiger partial charge in [0.25, 0.3) is 0 Å². The van der Waals surface area contributed by atoms with Crippen molar-refractivity contribution in [3.05, 3.63) is 59.7 Å². The molecule has 1 saturated carbocycles. The number of hydrogen-bond acceptors (Lipinski definition) is 3. The molecule has 3 nitrogen and oxygen atoms in total. The van der Waals surface area contributed by atoms with Crippen LogP contribution in [0.25, 0.3) is 0 Å². The first-order valence-electron chi connectivity index (χ1n) is 9.47. The Kier molecular flexibility index (Phi) is 6.35. The molecule has 25 heavy (non-hydrogen) atoms. The Labute approximate surface area is 151 Å². The summed E-state index contributed by atoms with van der Waals surface area (Å²) in [6, 6.07) is 17.1. The fraction of sp³-hybridized carbons (Fsp3) is 0.455. The van der Waals surface area contributed by atoms with E-state index in [-0.39, 0.29) is 0 Å². The van der Waals surface area contributed by atoms with E-state index in [2.05, 4.69) is 54.7 Å². The highest BCUT2D eigenvalue weighted by Crippen LogP contribution is 2.32. The number of rotatable bonds is 8. The maximum absolute atomic E-state index is 6.16. The van der Waals surface area contributed by atoms with Crippen LogP contribution in [0.4, 0.5) is 0 Å². The van der Waals surface area contributed by atoms with Crippen molar-refractivity contribution in [2.75, 3.05) is 6.61 Å². The van der Waals surface area contributed by atoms with Crippen molar-refractivity contribution in [3.63, 3.8) is 0 Å². The Hall–Kier alpha value is -2.00. The Morgan fingerprint density at radius 1 is 1.04 bits per heavy atom. The average molecular weight is 339 g/mol. The van der Waals surface area contributed by atoms with Crippen molar-refractivity contribution in [1.82, 2.24) is 5.32 Å². The van der Waals surface area contributed by atoms with Gasteiger partial charge < -0.3 is 14.8 Å². The van der Waals surface area contributed by atoms with E-state index in [1.807, 2.05) is 13.0 Å². The molecule has 0 amide bonds. The zero-order valence-electron chi connectivity index (χ0n) is 15.3. The normalized spacial score (nSPS) is 15.9. The van der Waals surface area contributed by atoms with Crippen LogP contribution in [0.3, 0.4) is 0 Å². The molecule has 1 aliphatic carbocycles. The Bertz CT molecular complexity index is 650. The van der Waals surface area contributed by atoms with Gasteiger partial charge in [-0.25, -0.2) is 0 Å². The molecular formula is C22H29NO2. The van der Waals surface area contributed by atoms with Gasteiger partial charge in [0.15, 0.2) is 11.5 Å². The van der Waals surface area contributed by atoms with Crippen LogP contribution >= 0.6 is 0 Å². The molecule has 0 aromatic heterocycles. The highest BCUT2D eigenvalue weighted by atomic mass is 16.5. The first kappa shape index (κ1) is 17.8. The molecule has 1 atom stereocenters. The highest BCUT2D eigenvalue weighted by Gasteiger charge is 2.18. The van der Waals surface area contributed by atoms with E-state index >= 15 is 0 Å². The lowest BCUT2D eigenvalue weighted by atomic mass is 10.1. The highest BCUT2D eigenvalue weighted by molar-refractivity contribution is 5.43. The van der Waals surface area contributed by atoms with E-state index < -0.39 is 0 Å². The number of benzene rings is 2. The summed E-state index contributed by atoms with van der Waals surface area (Å²) in [6.45, 7) is 5.66. The van der Waals surface area contributed by atoms with E-state index in [9.17, 15) is 0 Å². The number of hydrogen-bond donors (Lipinski definition) is 1. The lowest BCUT2D eigenvalue weighted by Gasteiger charge is -2.18. The SMILES string of the molecule is CCOc1cc(CN[C@@H](C)c2ccccc2)ccc1OC1CCCC1. The van der Waals surface area contributed by atoms with Crippen LogP contribution in [0.15, 0.2) is 48.5 Å². The zero-order valence-corrected chi connectivity index (χ0v) is 15.3. The standard InChI is InChI=1S/C22H29NO2/c1-3-24-22-15-18(13-14-21(22)25-20-11-7-8-12-20)16-23-17(2)19-9-5-4-6-10-19/h4-6,9-10,13-15,17,20,23H,3,7-8,11-12,16H2,1-2H3/t17-/m0/s1. The number of ether oxygens (including phenoxy) is 2. The molecule has 0 unspecified atom stereocenters. The second-order valence-electron chi connectivity index (χ2n) is 6.75. The quantitative estimate of drug-likeness (QED) is 0.712. The summed E-state index contributed by atoms with van der Waals surface area (Å²) in [6.07, 6.45) is 5.20. The average Bonchev–Trinajstić information content (AvgIpc) is 3.15. The maximum Gasteiger partial charge on any atom is 0.161 e. The molecule has 2 aromatic rings. The van der Waals surface area contributed by atoms with E-state index in [0.29, 0.717) is 18.8 Å². The summed E-state index contributed by atoms with van der Waals surface area (Å²) in [7, 11) is 0. The molecule has 3 heteroatoms. The van der Waals surface area contributed by atoms with Crippen molar-refractivity contribution in [1.29, 1.82) is 0 Å². The first-order chi connectivity index (χ1) is 12.3. The van der Waals surface area contributed by atoms with E-state index in [0.717, 1.165) is 30.9 Å². The fourth-order valence-electron chi connectivity index (χ4n) is 3.34. The predicted molar refractivity (Wildman–Crippen MR) is 102 cm³/mol. The molecule has 0 spiro atoms. The molecule has 3 rings (SSSR count). The summed E-state index contributed by atoms with van der Waals surface area (Å²) in [5, 5.41) is 3.58. The molecule has 0 saturated heterocycles. The summed E-state index contributed by atoms with van der Waals surface area (Å²) in [5.41, 5.74) is 2.51. The minimum absolute atomic E-state index is 0.311. The van der Waals surface area contributed by atoms with E-state index in [1.165, 1.54) is 24.0 Å². The summed E-state index contributed by atoms with van der Waals surface area (Å²) < 4.78 is 12.0. The third-order valence-electron chi connectivity index (χ3n) is 4.82. The Balaban J connectivity index is 1.64. The molecular weight excluding hydrogens is 310 g/mol. The molecule has 0 radical (unpaired) electrons. The van der Waals surface area contributed by atoms with Crippen LogP contribution in [0.2, 0.25) is 0 Å². The molecule has 0 bridgehead atoms. The summed E-state index contributed by atoms with van der Waals surface area (Å²) in [4.78, 5) is 0. The minimum Gasteiger partial charge on any atom is -0.490 e. The van der Waals surface area contributed by atoms with Crippen LogP contribution < -0.4 is 14.8 Å². The van der Waals surface area contributed by atoms with Gasteiger partial charge in [-0.1, -0.05) is 36.4 Å². The van der Waals surface area contributed by atoms with Crippen LogP contribution in [0, 0.1) is 0 Å². The van der Waals surface area contributed by atoms with Crippen molar-refractivity contribution in [2.24, 2.45) is 0 Å². The molecule has 2 aromatic carbocycles. The summed E-state index contributed by atoms with van der Waals surface area (Å²) >= 11 is 0. The molecule has 1 N–H and O–H groups in total. The molecule has 0 heterocycles. The topological polar surface area (TPSA) is 30.5 Å². The van der Waals surface area contributed by atoms with Crippen LogP contribution in [-0.4, -0.2) is 12.7 Å². The monoisotopic (exact) mass is 339 g/mol. The van der Waals surface area contributed by atoms with Gasteiger partial charge in [-0.3, -0.25) is 0 Å². The predicted octanol–water partition coefficient (Wildman–Crippen LogP) is 5.26. The van der Waals surface area contributed by atoms with Crippen molar-refractivity contribution < 1.29 is 9.47 Å². The molecule has 134 valence electrons. The number of nitrogens with one attached hydrogen (secondary N) is 1. The van der Waals surface area contributed by atoms with E-state index in [1.54, 1.807) is 0 Å². The smallest absolute Gasteiger partial charge is 0.161 e. The van der Waals surface area contributed by atoms with Crippen LogP contribution in [-0.2, 0) is 6.54 Å². The minimum atomic E-state index is 0.311. The Morgan fingerprint density at radius 2 is 1.80 bits per heavy atom. The van der Waals surface area contributed by atoms with Gasteiger partial charge in [-0.05, 0) is 62.8 Å². The Morgan fingerprint density at radius 3 is 2.52 bits per heavy atom. The molecule has 0 aliphatic heterocycles. The van der Waals surface area contributed by atoms with Crippen LogP contribution in [0.1, 0.15) is 56.7 Å². The maximum atomic E-state index is 6.16. The van der Waals surface area contributed by atoms with Gasteiger partial charge in [0, 0.05) is 12.6 Å². The summed E-state index contributed by atoms with van der Waals surface area (Å²) in [5.74, 6) is 1.75. The van der Waals surface area contributed by atoms with Gasteiger partial charge in [-0.15, -0.1) is 0 Å². The van der Waals surface area contributed by atoms with Gasteiger partial charge in [-0.2, -0.15) is 0 Å².